The van der Waals surface area contributed by atoms with Crippen molar-refractivity contribution in [2.24, 2.45) is 5.41 Å². The first-order valence-corrected chi connectivity index (χ1v) is 9.66. The van der Waals surface area contributed by atoms with Crippen molar-refractivity contribution in [3.63, 3.8) is 0 Å². The Morgan fingerprint density at radius 2 is 2.42 bits per heavy atom. The normalized spacial score (nSPS) is 27.7. The van der Waals surface area contributed by atoms with Crippen LogP contribution < -0.4 is 0 Å². The standard InChI is InChI=1S/C18H28N2O3S/c1-19(2)17(21)11-22-14-18-6-3-8-23-16(18)4-7-20(13-18)10-15-5-9-24-12-15/h5,9,12,16H,3-4,6-8,10-11,13-14H2,1-2H3/t16-,18-/m0/s1. The van der Waals surface area contributed by atoms with Crippen LogP contribution in [0, 0.1) is 5.41 Å². The van der Waals surface area contributed by atoms with Crippen LogP contribution in [0.3, 0.4) is 0 Å². The van der Waals surface area contributed by atoms with E-state index in [0.29, 0.717) is 6.61 Å². The highest BCUT2D eigenvalue weighted by Crippen LogP contribution is 2.40. The molecule has 0 radical (unpaired) electrons. The molecular weight excluding hydrogens is 324 g/mol. The van der Waals surface area contributed by atoms with E-state index < -0.39 is 0 Å². The first-order chi connectivity index (χ1) is 11.6. The maximum atomic E-state index is 11.8. The van der Waals surface area contributed by atoms with Gasteiger partial charge in [-0.15, -0.1) is 0 Å². The number of hydrogen-bond acceptors (Lipinski definition) is 5. The number of rotatable bonds is 6. The summed E-state index contributed by atoms with van der Waals surface area (Å²) in [4.78, 5) is 15.9. The third-order valence-corrected chi connectivity index (χ3v) is 5.90. The minimum absolute atomic E-state index is 0.0191. The molecule has 0 aromatic carbocycles. The molecule has 1 aromatic rings. The average Bonchev–Trinajstić information content (AvgIpc) is 3.07. The van der Waals surface area contributed by atoms with Crippen molar-refractivity contribution in [2.45, 2.75) is 31.9 Å². The predicted molar refractivity (Wildman–Crippen MR) is 95.1 cm³/mol. The number of amides is 1. The zero-order valence-corrected chi connectivity index (χ0v) is 15.5. The number of likely N-dealkylation sites (tertiary alicyclic amines) is 1. The van der Waals surface area contributed by atoms with Crippen LogP contribution in [0.4, 0.5) is 0 Å². The molecule has 2 saturated heterocycles. The van der Waals surface area contributed by atoms with Gasteiger partial charge in [-0.3, -0.25) is 9.69 Å². The Balaban J connectivity index is 1.62. The molecule has 0 spiro atoms. The lowest BCUT2D eigenvalue weighted by Gasteiger charge is -2.50. The first-order valence-electron chi connectivity index (χ1n) is 8.72. The summed E-state index contributed by atoms with van der Waals surface area (Å²) >= 11 is 1.75. The second-order valence-electron chi connectivity index (χ2n) is 7.24. The quantitative estimate of drug-likeness (QED) is 0.787. The monoisotopic (exact) mass is 352 g/mol. The molecule has 0 unspecified atom stereocenters. The number of likely N-dealkylation sites (N-methyl/N-ethyl adjacent to an activating group) is 1. The number of carbonyl (C=O) groups excluding carboxylic acids is 1. The molecule has 0 N–H and O–H groups in total. The van der Waals surface area contributed by atoms with Crippen molar-refractivity contribution in [2.75, 3.05) is 47.0 Å². The molecule has 2 atom stereocenters. The summed E-state index contributed by atoms with van der Waals surface area (Å²) < 4.78 is 11.9. The molecule has 6 heteroatoms. The van der Waals surface area contributed by atoms with Gasteiger partial charge in [0.1, 0.15) is 6.61 Å². The molecule has 3 rings (SSSR count). The fraction of sp³-hybridized carbons (Fsp3) is 0.722. The number of carbonyl (C=O) groups is 1. The van der Waals surface area contributed by atoms with Crippen LogP contribution in [-0.2, 0) is 20.8 Å². The molecule has 2 aliphatic heterocycles. The highest BCUT2D eigenvalue weighted by molar-refractivity contribution is 7.07. The van der Waals surface area contributed by atoms with Gasteiger partial charge in [-0.1, -0.05) is 0 Å². The molecule has 1 aromatic heterocycles. The number of nitrogens with zero attached hydrogens (tertiary/aromatic N) is 2. The molecule has 3 heterocycles. The molecule has 5 nitrogen and oxygen atoms in total. The molecule has 0 bridgehead atoms. The van der Waals surface area contributed by atoms with E-state index >= 15 is 0 Å². The van der Waals surface area contributed by atoms with Crippen molar-refractivity contribution in [3.8, 4) is 0 Å². The highest BCUT2D eigenvalue weighted by atomic mass is 32.1. The van der Waals surface area contributed by atoms with Crippen LogP contribution in [0.5, 0.6) is 0 Å². The fourth-order valence-electron chi connectivity index (χ4n) is 3.84. The van der Waals surface area contributed by atoms with E-state index in [2.05, 4.69) is 21.7 Å². The summed E-state index contributed by atoms with van der Waals surface area (Å²) in [5.41, 5.74) is 1.41. The van der Waals surface area contributed by atoms with Crippen LogP contribution in [0.1, 0.15) is 24.8 Å². The van der Waals surface area contributed by atoms with Gasteiger partial charge in [0, 0.05) is 45.8 Å². The minimum atomic E-state index is 0.0191. The van der Waals surface area contributed by atoms with Gasteiger partial charge in [-0.25, -0.2) is 0 Å². The third-order valence-electron chi connectivity index (χ3n) is 5.17. The Kier molecular flexibility index (Phi) is 5.92. The van der Waals surface area contributed by atoms with Gasteiger partial charge in [0.25, 0.3) is 0 Å². The Bertz CT molecular complexity index is 534. The maximum absolute atomic E-state index is 11.8. The Morgan fingerprint density at radius 1 is 1.54 bits per heavy atom. The van der Waals surface area contributed by atoms with E-state index in [1.54, 1.807) is 30.3 Å². The van der Waals surface area contributed by atoms with Crippen LogP contribution >= 0.6 is 11.3 Å². The van der Waals surface area contributed by atoms with Crippen molar-refractivity contribution in [1.29, 1.82) is 0 Å². The van der Waals surface area contributed by atoms with Crippen LogP contribution in [-0.4, -0.2) is 68.8 Å². The van der Waals surface area contributed by atoms with Crippen LogP contribution in [0.15, 0.2) is 16.8 Å². The van der Waals surface area contributed by atoms with Crippen molar-refractivity contribution in [1.82, 2.24) is 9.80 Å². The van der Waals surface area contributed by atoms with Gasteiger partial charge in [0.15, 0.2) is 0 Å². The van der Waals surface area contributed by atoms with E-state index in [4.69, 9.17) is 9.47 Å². The van der Waals surface area contributed by atoms with Crippen molar-refractivity contribution < 1.29 is 14.3 Å². The van der Waals surface area contributed by atoms with E-state index in [9.17, 15) is 4.79 Å². The number of thiophene rings is 1. The minimum Gasteiger partial charge on any atom is -0.377 e. The first kappa shape index (κ1) is 17.9. The lowest BCUT2D eigenvalue weighted by molar-refractivity contribution is -0.160. The molecule has 0 aliphatic carbocycles. The predicted octanol–water partition coefficient (Wildman–Crippen LogP) is 2.22. The van der Waals surface area contributed by atoms with E-state index in [-0.39, 0.29) is 24.0 Å². The maximum Gasteiger partial charge on any atom is 0.248 e. The van der Waals surface area contributed by atoms with Gasteiger partial charge in [0.05, 0.1) is 12.7 Å². The molecule has 134 valence electrons. The smallest absolute Gasteiger partial charge is 0.248 e. The van der Waals surface area contributed by atoms with Gasteiger partial charge < -0.3 is 14.4 Å². The summed E-state index contributed by atoms with van der Waals surface area (Å²) in [5.74, 6) is 0.0191. The van der Waals surface area contributed by atoms with E-state index in [0.717, 1.165) is 45.5 Å². The zero-order valence-electron chi connectivity index (χ0n) is 14.7. The number of fused-ring (bicyclic) bond motifs is 1. The van der Waals surface area contributed by atoms with Gasteiger partial charge in [0.2, 0.25) is 5.91 Å². The molecular formula is C18H28N2O3S. The molecule has 1 amide bonds. The van der Waals surface area contributed by atoms with Gasteiger partial charge in [-0.05, 0) is 41.7 Å². The number of ether oxygens (including phenoxy) is 2. The average molecular weight is 352 g/mol. The SMILES string of the molecule is CN(C)C(=O)COC[C@@]12CCCO[C@H]1CCN(Cc1ccsc1)C2. The highest BCUT2D eigenvalue weighted by Gasteiger charge is 2.46. The summed E-state index contributed by atoms with van der Waals surface area (Å²) in [7, 11) is 3.53. The van der Waals surface area contributed by atoms with Gasteiger partial charge >= 0.3 is 0 Å². The van der Waals surface area contributed by atoms with E-state index in [1.807, 2.05) is 0 Å². The summed E-state index contributed by atoms with van der Waals surface area (Å²) in [6, 6.07) is 2.20. The lowest BCUT2D eigenvalue weighted by atomic mass is 9.73. The Morgan fingerprint density at radius 3 is 3.17 bits per heavy atom. The largest absolute Gasteiger partial charge is 0.377 e. The topological polar surface area (TPSA) is 42.0 Å². The third kappa shape index (κ3) is 4.17. The molecule has 2 fully saturated rings. The number of piperidine rings is 1. The summed E-state index contributed by atoms with van der Waals surface area (Å²) in [6.07, 6.45) is 3.51. The second-order valence-corrected chi connectivity index (χ2v) is 8.02. The Labute approximate surface area is 148 Å². The summed E-state index contributed by atoms with van der Waals surface area (Å²) in [6.45, 7) is 4.67. The fourth-order valence-corrected chi connectivity index (χ4v) is 4.50. The lowest BCUT2D eigenvalue weighted by Crippen LogP contribution is -2.56. The van der Waals surface area contributed by atoms with E-state index in [1.165, 1.54) is 5.56 Å². The molecule has 2 aliphatic rings. The van der Waals surface area contributed by atoms with Gasteiger partial charge in [-0.2, -0.15) is 11.3 Å². The number of hydrogen-bond donors (Lipinski definition) is 0. The van der Waals surface area contributed by atoms with Crippen LogP contribution in [0.25, 0.3) is 0 Å². The zero-order chi connectivity index (χ0) is 17.0. The molecule has 0 saturated carbocycles. The second kappa shape index (κ2) is 7.95. The Hall–Kier alpha value is -0.950. The van der Waals surface area contributed by atoms with Crippen LogP contribution in [0.2, 0.25) is 0 Å². The molecule has 24 heavy (non-hydrogen) atoms. The van der Waals surface area contributed by atoms with Crippen molar-refractivity contribution in [3.05, 3.63) is 22.4 Å². The summed E-state index contributed by atoms with van der Waals surface area (Å²) in [5, 5.41) is 4.36. The van der Waals surface area contributed by atoms with Crippen molar-refractivity contribution >= 4 is 17.2 Å².